The summed E-state index contributed by atoms with van der Waals surface area (Å²) >= 11 is 0. The molecule has 1 heterocycles. The number of benzene rings is 2. The average molecular weight is 329 g/mol. The molecule has 0 amide bonds. The summed E-state index contributed by atoms with van der Waals surface area (Å²) in [5.74, 6) is 2.93. The van der Waals surface area contributed by atoms with Gasteiger partial charge >= 0.3 is 0 Å². The van der Waals surface area contributed by atoms with Crippen molar-refractivity contribution in [2.24, 2.45) is 0 Å². The van der Waals surface area contributed by atoms with Gasteiger partial charge in [-0.15, -0.1) is 0 Å². The quantitative estimate of drug-likeness (QED) is 0.777. The first kappa shape index (κ1) is 16.5. The Hall–Kier alpha value is -2.40. The minimum atomic E-state index is -0.0989. The van der Waals surface area contributed by atoms with Gasteiger partial charge in [-0.1, -0.05) is 18.2 Å². The van der Waals surface area contributed by atoms with Crippen LogP contribution in [0, 0.1) is 0 Å². The smallest absolute Gasteiger partial charge is 0.231 e. The van der Waals surface area contributed by atoms with Gasteiger partial charge in [0.15, 0.2) is 11.5 Å². The van der Waals surface area contributed by atoms with Crippen LogP contribution in [0.5, 0.6) is 23.0 Å². The molecule has 128 valence electrons. The third-order valence-corrected chi connectivity index (χ3v) is 3.93. The van der Waals surface area contributed by atoms with Crippen molar-refractivity contribution in [3.8, 4) is 23.0 Å². The van der Waals surface area contributed by atoms with E-state index in [0.717, 1.165) is 30.0 Å². The highest BCUT2D eigenvalue weighted by molar-refractivity contribution is 5.52. The molecule has 2 aromatic carbocycles. The number of hydrogen-bond donors (Lipinski definition) is 0. The van der Waals surface area contributed by atoms with Gasteiger partial charge in [0.05, 0.1) is 7.11 Å². The summed E-state index contributed by atoms with van der Waals surface area (Å²) in [5, 5.41) is 0. The Morgan fingerprint density at radius 1 is 1.12 bits per heavy atom. The minimum absolute atomic E-state index is 0.0989. The Labute approximate surface area is 142 Å². The van der Waals surface area contributed by atoms with Gasteiger partial charge in [-0.2, -0.15) is 0 Å². The molecule has 1 atom stereocenters. The van der Waals surface area contributed by atoms with Crippen LogP contribution in [0.4, 0.5) is 0 Å². The molecule has 5 heteroatoms. The van der Waals surface area contributed by atoms with Crippen molar-refractivity contribution in [2.45, 2.75) is 12.5 Å². The number of para-hydroxylation sites is 1. The van der Waals surface area contributed by atoms with Crippen LogP contribution in [0.3, 0.4) is 0 Å². The molecule has 0 aromatic heterocycles. The maximum Gasteiger partial charge on any atom is 0.231 e. The van der Waals surface area contributed by atoms with E-state index < -0.39 is 0 Å². The van der Waals surface area contributed by atoms with E-state index in [9.17, 15) is 0 Å². The number of methoxy groups -OCH3 is 1. The Kier molecular flexibility index (Phi) is 5.11. The van der Waals surface area contributed by atoms with Gasteiger partial charge in [0.2, 0.25) is 12.5 Å². The van der Waals surface area contributed by atoms with Crippen LogP contribution >= 0.6 is 0 Å². The lowest BCUT2D eigenvalue weighted by molar-refractivity contribution is 0.153. The van der Waals surface area contributed by atoms with Crippen LogP contribution in [0.1, 0.15) is 18.1 Å². The highest BCUT2D eigenvalue weighted by Crippen LogP contribution is 2.42. The van der Waals surface area contributed by atoms with Gasteiger partial charge in [-0.05, 0) is 43.9 Å². The summed E-state index contributed by atoms with van der Waals surface area (Å²) in [4.78, 5) is 2.14. The van der Waals surface area contributed by atoms with Crippen LogP contribution in [-0.2, 0) is 0 Å². The molecule has 1 unspecified atom stereocenters. The molecule has 0 radical (unpaired) electrons. The van der Waals surface area contributed by atoms with Crippen molar-refractivity contribution in [3.63, 3.8) is 0 Å². The second kappa shape index (κ2) is 7.45. The average Bonchev–Trinajstić information content (AvgIpc) is 3.08. The highest BCUT2D eigenvalue weighted by Gasteiger charge is 2.22. The lowest BCUT2D eigenvalue weighted by atomic mass is 10.1. The first-order valence-electron chi connectivity index (χ1n) is 8.01. The van der Waals surface area contributed by atoms with Crippen molar-refractivity contribution < 1.29 is 18.9 Å². The predicted octanol–water partition coefficient (Wildman–Crippen LogP) is 3.50. The van der Waals surface area contributed by atoms with Crippen LogP contribution in [-0.4, -0.2) is 39.4 Å². The second-order valence-electron chi connectivity index (χ2n) is 5.96. The monoisotopic (exact) mass is 329 g/mol. The van der Waals surface area contributed by atoms with Gasteiger partial charge in [-0.3, -0.25) is 0 Å². The highest BCUT2D eigenvalue weighted by atomic mass is 16.7. The molecule has 0 bridgehead atoms. The molecule has 0 saturated heterocycles. The largest absolute Gasteiger partial charge is 0.497 e. The van der Waals surface area contributed by atoms with E-state index in [1.54, 1.807) is 7.11 Å². The number of fused-ring (bicyclic) bond motifs is 1. The van der Waals surface area contributed by atoms with Crippen molar-refractivity contribution in [1.82, 2.24) is 4.90 Å². The Bertz CT molecular complexity index is 687. The summed E-state index contributed by atoms with van der Waals surface area (Å²) in [5.41, 5.74) is 1.08. The van der Waals surface area contributed by atoms with E-state index in [2.05, 4.69) is 25.1 Å². The summed E-state index contributed by atoms with van der Waals surface area (Å²) < 4.78 is 22.6. The predicted molar refractivity (Wildman–Crippen MR) is 92.1 cm³/mol. The SMILES string of the molecule is COc1cccc(C(CCN(C)C)Oc2cccc3c2OCO3)c1. The molecule has 0 spiro atoms. The van der Waals surface area contributed by atoms with Gasteiger partial charge in [0.1, 0.15) is 11.9 Å². The van der Waals surface area contributed by atoms with Crippen molar-refractivity contribution in [2.75, 3.05) is 34.5 Å². The first-order chi connectivity index (χ1) is 11.7. The number of rotatable bonds is 7. The van der Waals surface area contributed by atoms with Crippen molar-refractivity contribution in [3.05, 3.63) is 48.0 Å². The lowest BCUT2D eigenvalue weighted by Crippen LogP contribution is -2.19. The van der Waals surface area contributed by atoms with Crippen LogP contribution in [0.15, 0.2) is 42.5 Å². The molecule has 3 rings (SSSR count). The van der Waals surface area contributed by atoms with E-state index >= 15 is 0 Å². The van der Waals surface area contributed by atoms with E-state index in [-0.39, 0.29) is 12.9 Å². The van der Waals surface area contributed by atoms with Gasteiger partial charge in [0.25, 0.3) is 0 Å². The summed E-state index contributed by atoms with van der Waals surface area (Å²) in [6.45, 7) is 1.14. The molecule has 1 aliphatic rings. The third kappa shape index (κ3) is 3.74. The standard InChI is InChI=1S/C19H23NO4/c1-20(2)11-10-16(14-6-4-7-15(12-14)21-3)24-18-9-5-8-17-19(18)23-13-22-17/h4-9,12,16H,10-11,13H2,1-3H3. The number of ether oxygens (including phenoxy) is 4. The molecule has 5 nitrogen and oxygen atoms in total. The maximum atomic E-state index is 6.31. The van der Waals surface area contributed by atoms with Crippen LogP contribution in [0.25, 0.3) is 0 Å². The number of hydrogen-bond acceptors (Lipinski definition) is 5. The zero-order valence-corrected chi connectivity index (χ0v) is 14.3. The molecule has 2 aromatic rings. The zero-order chi connectivity index (χ0) is 16.9. The molecule has 24 heavy (non-hydrogen) atoms. The third-order valence-electron chi connectivity index (χ3n) is 3.93. The summed E-state index contributed by atoms with van der Waals surface area (Å²) in [7, 11) is 5.78. The molecule has 0 fully saturated rings. The van der Waals surface area contributed by atoms with Crippen LogP contribution in [0.2, 0.25) is 0 Å². The number of nitrogens with zero attached hydrogens (tertiary/aromatic N) is 1. The first-order valence-corrected chi connectivity index (χ1v) is 8.01. The van der Waals surface area contributed by atoms with Crippen LogP contribution < -0.4 is 18.9 Å². The summed E-state index contributed by atoms with van der Waals surface area (Å²) in [6.07, 6.45) is 0.753. The molecule has 0 saturated carbocycles. The van der Waals surface area contributed by atoms with Gasteiger partial charge in [0, 0.05) is 13.0 Å². The molecular formula is C19H23NO4. The van der Waals surface area contributed by atoms with E-state index in [4.69, 9.17) is 18.9 Å². The van der Waals surface area contributed by atoms with Gasteiger partial charge in [-0.25, -0.2) is 0 Å². The fourth-order valence-electron chi connectivity index (χ4n) is 2.66. The molecule has 0 aliphatic carbocycles. The Morgan fingerprint density at radius 2 is 1.96 bits per heavy atom. The zero-order valence-electron chi connectivity index (χ0n) is 14.3. The topological polar surface area (TPSA) is 40.2 Å². The van der Waals surface area contributed by atoms with Crippen molar-refractivity contribution in [1.29, 1.82) is 0 Å². The normalized spacial score (nSPS) is 13.8. The fraction of sp³-hybridized carbons (Fsp3) is 0.368. The fourth-order valence-corrected chi connectivity index (χ4v) is 2.66. The summed E-state index contributed by atoms with van der Waals surface area (Å²) in [6, 6.07) is 13.7. The lowest BCUT2D eigenvalue weighted by Gasteiger charge is -2.22. The van der Waals surface area contributed by atoms with Crippen molar-refractivity contribution >= 4 is 0 Å². The van der Waals surface area contributed by atoms with Gasteiger partial charge < -0.3 is 23.8 Å². The van der Waals surface area contributed by atoms with E-state index in [0.29, 0.717) is 11.5 Å². The molecular weight excluding hydrogens is 306 g/mol. The maximum absolute atomic E-state index is 6.31. The van der Waals surface area contributed by atoms with E-state index in [1.165, 1.54) is 0 Å². The Balaban J connectivity index is 1.86. The van der Waals surface area contributed by atoms with E-state index in [1.807, 2.05) is 36.4 Å². The molecule has 0 N–H and O–H groups in total. The second-order valence-corrected chi connectivity index (χ2v) is 5.96. The Morgan fingerprint density at radius 3 is 2.75 bits per heavy atom. The molecule has 1 aliphatic heterocycles. The minimum Gasteiger partial charge on any atom is -0.497 e.